The van der Waals surface area contributed by atoms with Gasteiger partial charge in [-0.05, 0) is 55.8 Å². The quantitative estimate of drug-likeness (QED) is 0.417. The summed E-state index contributed by atoms with van der Waals surface area (Å²) in [6, 6.07) is 14.6. The fourth-order valence-corrected chi connectivity index (χ4v) is 3.79. The molecule has 158 valence electrons. The zero-order valence-electron chi connectivity index (χ0n) is 17.3. The second-order valence-corrected chi connectivity index (χ2v) is 8.28. The van der Waals surface area contributed by atoms with Crippen molar-refractivity contribution in [3.05, 3.63) is 75.2 Å². The van der Waals surface area contributed by atoms with Crippen molar-refractivity contribution in [2.75, 3.05) is 7.11 Å². The predicted octanol–water partition coefficient (Wildman–Crippen LogP) is 5.83. The molecule has 30 heavy (non-hydrogen) atoms. The summed E-state index contributed by atoms with van der Waals surface area (Å²) in [6.07, 6.45) is 0.858. The highest BCUT2D eigenvalue weighted by Crippen LogP contribution is 2.21. The fourth-order valence-electron chi connectivity index (χ4n) is 2.91. The Morgan fingerprint density at radius 1 is 1.20 bits per heavy atom. The second kappa shape index (κ2) is 10.5. The number of carbonyl (C=O) groups excluding carboxylic acids is 1. The standard InChI is InChI=1S/C23H25ClN2O3S/c1-4-16(2)26(23(27)17-8-10-20(28-3)11-9-17)13-19-15-30-22(25-19)14-29-21-7-5-6-18(24)12-21/h5-12,15-16H,4,13-14H2,1-3H3/t16-/m1/s1. The normalized spacial score (nSPS) is 11.7. The van der Waals surface area contributed by atoms with Gasteiger partial charge in [0.25, 0.3) is 5.91 Å². The lowest BCUT2D eigenvalue weighted by Crippen LogP contribution is -2.37. The maximum Gasteiger partial charge on any atom is 0.254 e. The molecule has 0 aliphatic heterocycles. The van der Waals surface area contributed by atoms with E-state index in [2.05, 4.69) is 18.8 Å². The first kappa shape index (κ1) is 22.1. The van der Waals surface area contributed by atoms with Gasteiger partial charge in [-0.15, -0.1) is 11.3 Å². The summed E-state index contributed by atoms with van der Waals surface area (Å²) in [4.78, 5) is 19.6. The van der Waals surface area contributed by atoms with Gasteiger partial charge in [-0.2, -0.15) is 0 Å². The van der Waals surface area contributed by atoms with Gasteiger partial charge in [-0.25, -0.2) is 4.98 Å². The number of rotatable bonds is 9. The number of halogens is 1. The lowest BCUT2D eigenvalue weighted by atomic mass is 10.1. The molecule has 0 fully saturated rings. The van der Waals surface area contributed by atoms with E-state index in [9.17, 15) is 4.79 Å². The van der Waals surface area contributed by atoms with Crippen LogP contribution in [0.4, 0.5) is 0 Å². The molecule has 1 amide bonds. The lowest BCUT2D eigenvalue weighted by Gasteiger charge is -2.28. The Labute approximate surface area is 186 Å². The van der Waals surface area contributed by atoms with Gasteiger partial charge < -0.3 is 14.4 Å². The Balaban J connectivity index is 1.68. The van der Waals surface area contributed by atoms with Crippen molar-refractivity contribution in [3.63, 3.8) is 0 Å². The highest BCUT2D eigenvalue weighted by Gasteiger charge is 2.22. The number of benzene rings is 2. The molecule has 3 aromatic rings. The Kier molecular flexibility index (Phi) is 7.71. The predicted molar refractivity (Wildman–Crippen MR) is 121 cm³/mol. The molecule has 1 aromatic heterocycles. The van der Waals surface area contributed by atoms with E-state index in [1.807, 2.05) is 22.4 Å². The van der Waals surface area contributed by atoms with Crippen LogP contribution in [0.15, 0.2) is 53.9 Å². The van der Waals surface area contributed by atoms with Crippen molar-refractivity contribution in [2.24, 2.45) is 0 Å². The lowest BCUT2D eigenvalue weighted by molar-refractivity contribution is 0.0669. The molecule has 2 aromatic carbocycles. The van der Waals surface area contributed by atoms with E-state index in [4.69, 9.17) is 21.1 Å². The Hall–Kier alpha value is -2.57. The van der Waals surface area contributed by atoms with Gasteiger partial charge in [0.15, 0.2) is 0 Å². The summed E-state index contributed by atoms with van der Waals surface area (Å²) in [5, 5.41) is 3.47. The molecule has 0 unspecified atom stereocenters. The molecule has 0 radical (unpaired) electrons. The van der Waals surface area contributed by atoms with Crippen LogP contribution in [0.1, 0.15) is 41.3 Å². The highest BCUT2D eigenvalue weighted by molar-refractivity contribution is 7.09. The first-order valence-corrected chi connectivity index (χ1v) is 11.0. The van der Waals surface area contributed by atoms with Crippen molar-refractivity contribution in [2.45, 2.75) is 39.5 Å². The minimum absolute atomic E-state index is 0.0169. The second-order valence-electron chi connectivity index (χ2n) is 6.90. The Morgan fingerprint density at radius 3 is 2.63 bits per heavy atom. The number of ether oxygens (including phenoxy) is 2. The average Bonchev–Trinajstić information content (AvgIpc) is 3.23. The number of hydrogen-bond donors (Lipinski definition) is 0. The number of amides is 1. The summed E-state index contributed by atoms with van der Waals surface area (Å²) in [6.45, 7) is 4.94. The number of thiazole rings is 1. The average molecular weight is 445 g/mol. The maximum atomic E-state index is 13.1. The molecule has 0 saturated heterocycles. The SMILES string of the molecule is CC[C@@H](C)N(Cc1csc(COc2cccc(Cl)c2)n1)C(=O)c1ccc(OC)cc1. The van der Waals surface area contributed by atoms with Gasteiger partial charge >= 0.3 is 0 Å². The van der Waals surface area contributed by atoms with Crippen LogP contribution in [-0.4, -0.2) is 28.9 Å². The van der Waals surface area contributed by atoms with E-state index in [1.54, 1.807) is 43.5 Å². The number of aromatic nitrogens is 1. The van der Waals surface area contributed by atoms with Crippen LogP contribution in [0.5, 0.6) is 11.5 Å². The number of methoxy groups -OCH3 is 1. The summed E-state index contributed by atoms with van der Waals surface area (Å²) >= 11 is 7.51. The van der Waals surface area contributed by atoms with Gasteiger partial charge in [0.2, 0.25) is 0 Å². The third-order valence-corrected chi connectivity index (χ3v) is 5.92. The van der Waals surface area contributed by atoms with Crippen LogP contribution in [0.2, 0.25) is 5.02 Å². The molecule has 0 spiro atoms. The van der Waals surface area contributed by atoms with Crippen LogP contribution in [0.25, 0.3) is 0 Å². The Bertz CT molecular complexity index is 975. The molecule has 0 aliphatic rings. The molecule has 1 atom stereocenters. The maximum absolute atomic E-state index is 13.1. The molecule has 1 heterocycles. The molecule has 3 rings (SSSR count). The van der Waals surface area contributed by atoms with E-state index in [1.165, 1.54) is 11.3 Å². The Morgan fingerprint density at radius 2 is 1.97 bits per heavy atom. The van der Waals surface area contributed by atoms with Crippen molar-refractivity contribution < 1.29 is 14.3 Å². The van der Waals surface area contributed by atoms with Crippen LogP contribution in [-0.2, 0) is 13.2 Å². The molecule has 0 aliphatic carbocycles. The van der Waals surface area contributed by atoms with E-state index in [0.717, 1.165) is 22.9 Å². The van der Waals surface area contributed by atoms with Crippen molar-refractivity contribution in [1.82, 2.24) is 9.88 Å². The molecule has 0 saturated carbocycles. The van der Waals surface area contributed by atoms with E-state index < -0.39 is 0 Å². The van der Waals surface area contributed by atoms with Crippen molar-refractivity contribution in [1.29, 1.82) is 0 Å². The zero-order valence-corrected chi connectivity index (χ0v) is 18.9. The molecular weight excluding hydrogens is 420 g/mol. The van der Waals surface area contributed by atoms with Gasteiger partial charge in [0.05, 0.1) is 19.3 Å². The van der Waals surface area contributed by atoms with Crippen molar-refractivity contribution >= 4 is 28.8 Å². The third-order valence-electron chi connectivity index (χ3n) is 4.81. The van der Waals surface area contributed by atoms with E-state index in [0.29, 0.717) is 29.5 Å². The van der Waals surface area contributed by atoms with Crippen LogP contribution in [0, 0.1) is 0 Å². The van der Waals surface area contributed by atoms with Crippen molar-refractivity contribution in [3.8, 4) is 11.5 Å². The van der Waals surface area contributed by atoms with Crippen LogP contribution >= 0.6 is 22.9 Å². The smallest absolute Gasteiger partial charge is 0.254 e. The molecule has 5 nitrogen and oxygen atoms in total. The highest BCUT2D eigenvalue weighted by atomic mass is 35.5. The zero-order chi connectivity index (χ0) is 21.5. The molecule has 0 bridgehead atoms. The van der Waals surface area contributed by atoms with Gasteiger partial charge in [0.1, 0.15) is 23.1 Å². The van der Waals surface area contributed by atoms with Gasteiger partial charge in [0, 0.05) is 22.0 Å². The first-order chi connectivity index (χ1) is 14.5. The first-order valence-electron chi connectivity index (χ1n) is 9.76. The summed E-state index contributed by atoms with van der Waals surface area (Å²) < 4.78 is 11.0. The summed E-state index contributed by atoms with van der Waals surface area (Å²) in [5.74, 6) is 1.41. The fraction of sp³-hybridized carbons (Fsp3) is 0.304. The molecule has 0 N–H and O–H groups in total. The van der Waals surface area contributed by atoms with Gasteiger partial charge in [-0.3, -0.25) is 4.79 Å². The van der Waals surface area contributed by atoms with E-state index in [-0.39, 0.29) is 11.9 Å². The summed E-state index contributed by atoms with van der Waals surface area (Å²) in [5.41, 5.74) is 1.49. The summed E-state index contributed by atoms with van der Waals surface area (Å²) in [7, 11) is 1.61. The third kappa shape index (κ3) is 5.74. The largest absolute Gasteiger partial charge is 0.497 e. The van der Waals surface area contributed by atoms with Crippen LogP contribution in [0.3, 0.4) is 0 Å². The van der Waals surface area contributed by atoms with E-state index >= 15 is 0 Å². The molecular formula is C23H25ClN2O3S. The number of carbonyl (C=O) groups is 1. The molecule has 7 heteroatoms. The topological polar surface area (TPSA) is 51.7 Å². The minimum Gasteiger partial charge on any atom is -0.497 e. The van der Waals surface area contributed by atoms with Crippen LogP contribution < -0.4 is 9.47 Å². The monoisotopic (exact) mass is 444 g/mol. The number of hydrogen-bond acceptors (Lipinski definition) is 5. The minimum atomic E-state index is -0.0169. The van der Waals surface area contributed by atoms with Gasteiger partial charge in [-0.1, -0.05) is 24.6 Å². The number of nitrogens with zero attached hydrogens (tertiary/aromatic N) is 2.